The molecule has 0 amide bonds. The van der Waals surface area contributed by atoms with Gasteiger partial charge < -0.3 is 5.32 Å². The molecule has 1 heterocycles. The van der Waals surface area contributed by atoms with Gasteiger partial charge in [0.05, 0.1) is 0 Å². The van der Waals surface area contributed by atoms with Crippen LogP contribution >= 0.6 is 12.2 Å². The van der Waals surface area contributed by atoms with E-state index in [2.05, 4.69) is 10.7 Å². The summed E-state index contributed by atoms with van der Waals surface area (Å²) < 4.78 is 0. The van der Waals surface area contributed by atoms with Crippen molar-refractivity contribution in [3.63, 3.8) is 0 Å². The first-order chi connectivity index (χ1) is 3.79. The number of hydrazine groups is 1. The van der Waals surface area contributed by atoms with Gasteiger partial charge in [-0.1, -0.05) is 0 Å². The second-order valence-electron chi connectivity index (χ2n) is 1.79. The van der Waals surface area contributed by atoms with Gasteiger partial charge >= 0.3 is 0 Å². The molecule has 0 aromatic carbocycles. The van der Waals surface area contributed by atoms with E-state index in [-0.39, 0.29) is 0 Å². The molecule has 46 valence electrons. The van der Waals surface area contributed by atoms with Crippen molar-refractivity contribution in [2.75, 3.05) is 20.1 Å². The van der Waals surface area contributed by atoms with E-state index in [0.29, 0.717) is 0 Å². The highest BCUT2D eigenvalue weighted by Crippen LogP contribution is 1.80. The predicted molar refractivity (Wildman–Crippen MR) is 36.4 cm³/mol. The highest BCUT2D eigenvalue weighted by Gasteiger charge is 2.04. The highest BCUT2D eigenvalue weighted by atomic mass is 32.1. The van der Waals surface area contributed by atoms with E-state index in [4.69, 9.17) is 12.2 Å². The largest absolute Gasteiger partial charge is 0.360 e. The standard InChI is InChI=1S/C4H9N3S/c1-7-3-2-5-4(8)6-7/h2-3H2,1H3,(H2,5,6,8). The molecule has 0 atom stereocenters. The zero-order chi connectivity index (χ0) is 5.98. The second-order valence-corrected chi connectivity index (χ2v) is 2.20. The van der Waals surface area contributed by atoms with Crippen LogP contribution in [0.5, 0.6) is 0 Å². The Kier molecular flexibility index (Phi) is 1.65. The minimum atomic E-state index is 0.721. The molecule has 0 spiro atoms. The second kappa shape index (κ2) is 2.28. The number of likely N-dealkylation sites (N-methyl/N-ethyl adjacent to an activating group) is 1. The van der Waals surface area contributed by atoms with Crippen LogP contribution in [-0.2, 0) is 0 Å². The smallest absolute Gasteiger partial charge is 0.181 e. The summed E-state index contributed by atoms with van der Waals surface area (Å²) in [5.41, 5.74) is 2.93. The molecule has 1 fully saturated rings. The van der Waals surface area contributed by atoms with Gasteiger partial charge in [-0.15, -0.1) is 0 Å². The summed E-state index contributed by atoms with van der Waals surface area (Å²) in [6.07, 6.45) is 0. The quantitative estimate of drug-likeness (QED) is 0.426. The summed E-state index contributed by atoms with van der Waals surface area (Å²) in [7, 11) is 1.97. The van der Waals surface area contributed by atoms with Gasteiger partial charge in [-0.3, -0.25) is 5.43 Å². The lowest BCUT2D eigenvalue weighted by Crippen LogP contribution is -2.53. The summed E-state index contributed by atoms with van der Waals surface area (Å²) >= 11 is 4.82. The van der Waals surface area contributed by atoms with Gasteiger partial charge in [-0.25, -0.2) is 5.01 Å². The number of nitrogens with zero attached hydrogens (tertiary/aromatic N) is 1. The maximum atomic E-state index is 4.82. The molecule has 0 aromatic heterocycles. The van der Waals surface area contributed by atoms with Gasteiger partial charge in [-0.05, 0) is 12.2 Å². The molecule has 0 aromatic rings. The first kappa shape index (κ1) is 5.78. The number of rotatable bonds is 0. The van der Waals surface area contributed by atoms with E-state index in [9.17, 15) is 0 Å². The summed E-state index contributed by atoms with van der Waals surface area (Å²) in [4.78, 5) is 0. The Morgan fingerprint density at radius 1 is 1.75 bits per heavy atom. The fourth-order valence-corrected chi connectivity index (χ4v) is 0.864. The Morgan fingerprint density at radius 2 is 2.50 bits per heavy atom. The maximum absolute atomic E-state index is 4.82. The molecule has 1 aliphatic heterocycles. The van der Waals surface area contributed by atoms with E-state index in [0.717, 1.165) is 18.2 Å². The minimum Gasteiger partial charge on any atom is -0.360 e. The van der Waals surface area contributed by atoms with Gasteiger partial charge in [0.2, 0.25) is 0 Å². The number of hydrogen-bond acceptors (Lipinski definition) is 2. The Morgan fingerprint density at radius 3 is 2.88 bits per heavy atom. The average molecular weight is 131 g/mol. The van der Waals surface area contributed by atoms with Gasteiger partial charge in [0.15, 0.2) is 5.11 Å². The van der Waals surface area contributed by atoms with E-state index in [1.165, 1.54) is 0 Å². The van der Waals surface area contributed by atoms with Crippen molar-refractivity contribution in [2.45, 2.75) is 0 Å². The Labute approximate surface area is 54.0 Å². The molecule has 0 radical (unpaired) electrons. The fraction of sp³-hybridized carbons (Fsp3) is 0.750. The maximum Gasteiger partial charge on any atom is 0.181 e. The SMILES string of the molecule is CN1CCNC(=S)N1. The molecule has 2 N–H and O–H groups in total. The van der Waals surface area contributed by atoms with Crippen LogP contribution in [0.3, 0.4) is 0 Å². The lowest BCUT2D eigenvalue weighted by molar-refractivity contribution is 0.274. The Bertz CT molecular complexity index is 103. The average Bonchev–Trinajstić information content (AvgIpc) is 1.64. The number of nitrogens with one attached hydrogen (secondary N) is 2. The van der Waals surface area contributed by atoms with Crippen molar-refractivity contribution < 1.29 is 0 Å². The van der Waals surface area contributed by atoms with Crippen LogP contribution in [0.1, 0.15) is 0 Å². The summed E-state index contributed by atoms with van der Waals surface area (Å²) in [5, 5.41) is 5.67. The first-order valence-corrected chi connectivity index (χ1v) is 2.95. The fourth-order valence-electron chi connectivity index (χ4n) is 0.606. The van der Waals surface area contributed by atoms with E-state index >= 15 is 0 Å². The Balaban J connectivity index is 2.34. The van der Waals surface area contributed by atoms with Gasteiger partial charge in [-0.2, -0.15) is 0 Å². The van der Waals surface area contributed by atoms with Crippen molar-refractivity contribution in [2.24, 2.45) is 0 Å². The molecule has 4 heteroatoms. The summed E-state index contributed by atoms with van der Waals surface area (Å²) in [6, 6.07) is 0. The van der Waals surface area contributed by atoms with Crippen molar-refractivity contribution >= 4 is 17.3 Å². The molecule has 1 saturated heterocycles. The van der Waals surface area contributed by atoms with Gasteiger partial charge in [0.1, 0.15) is 0 Å². The lowest BCUT2D eigenvalue weighted by Gasteiger charge is -2.25. The van der Waals surface area contributed by atoms with Crippen molar-refractivity contribution in [1.29, 1.82) is 0 Å². The molecule has 0 aliphatic carbocycles. The predicted octanol–water partition coefficient (Wildman–Crippen LogP) is -0.689. The highest BCUT2D eigenvalue weighted by molar-refractivity contribution is 7.80. The zero-order valence-corrected chi connectivity index (χ0v) is 5.59. The van der Waals surface area contributed by atoms with E-state index in [1.54, 1.807) is 0 Å². The molecule has 1 aliphatic rings. The molecule has 0 unspecified atom stereocenters. The van der Waals surface area contributed by atoms with Gasteiger partial charge in [0, 0.05) is 20.1 Å². The van der Waals surface area contributed by atoms with Crippen LogP contribution in [-0.4, -0.2) is 30.3 Å². The number of thiocarbonyl (C=S) groups is 1. The van der Waals surface area contributed by atoms with Crippen molar-refractivity contribution in [3.05, 3.63) is 0 Å². The van der Waals surface area contributed by atoms with E-state index in [1.807, 2.05) is 12.1 Å². The molecular formula is C4H9N3S. The topological polar surface area (TPSA) is 27.3 Å². The third kappa shape index (κ3) is 1.31. The first-order valence-electron chi connectivity index (χ1n) is 2.54. The van der Waals surface area contributed by atoms with Crippen molar-refractivity contribution in [1.82, 2.24) is 15.8 Å². The summed E-state index contributed by atoms with van der Waals surface area (Å²) in [6.45, 7) is 1.95. The molecular weight excluding hydrogens is 122 g/mol. The van der Waals surface area contributed by atoms with Crippen LogP contribution in [0.2, 0.25) is 0 Å². The Hall–Kier alpha value is -0.350. The minimum absolute atomic E-state index is 0.721. The van der Waals surface area contributed by atoms with Crippen LogP contribution in [0, 0.1) is 0 Å². The molecule has 1 rings (SSSR count). The lowest BCUT2D eigenvalue weighted by atomic mass is 10.6. The number of hydrogen-bond donors (Lipinski definition) is 2. The zero-order valence-electron chi connectivity index (χ0n) is 4.77. The van der Waals surface area contributed by atoms with Crippen LogP contribution < -0.4 is 10.7 Å². The summed E-state index contributed by atoms with van der Waals surface area (Å²) in [5.74, 6) is 0. The third-order valence-corrected chi connectivity index (χ3v) is 1.26. The normalized spacial score (nSPS) is 21.9. The third-order valence-electron chi connectivity index (χ3n) is 1.03. The van der Waals surface area contributed by atoms with Crippen LogP contribution in [0.15, 0.2) is 0 Å². The molecule has 3 nitrogen and oxygen atoms in total. The molecule has 8 heavy (non-hydrogen) atoms. The van der Waals surface area contributed by atoms with Crippen LogP contribution in [0.4, 0.5) is 0 Å². The van der Waals surface area contributed by atoms with Gasteiger partial charge in [0.25, 0.3) is 0 Å². The van der Waals surface area contributed by atoms with Crippen LogP contribution in [0.25, 0.3) is 0 Å². The van der Waals surface area contributed by atoms with Crippen molar-refractivity contribution in [3.8, 4) is 0 Å². The molecule has 0 saturated carbocycles. The van der Waals surface area contributed by atoms with E-state index < -0.39 is 0 Å². The monoisotopic (exact) mass is 131 g/mol. The molecule has 0 bridgehead atoms.